The molecular weight excluding hydrogens is 246 g/mol. The molecule has 18 heavy (non-hydrogen) atoms. The average Bonchev–Trinajstić information content (AvgIpc) is 2.38. The first-order valence-corrected chi connectivity index (χ1v) is 7.40. The molecule has 0 atom stereocenters. The van der Waals surface area contributed by atoms with Crippen LogP contribution >= 0.6 is 11.8 Å². The van der Waals surface area contributed by atoms with Gasteiger partial charge in [-0.15, -0.1) is 0 Å². The summed E-state index contributed by atoms with van der Waals surface area (Å²) in [6, 6.07) is 7.37. The lowest BCUT2D eigenvalue weighted by atomic mass is 9.98. The van der Waals surface area contributed by atoms with Gasteiger partial charge in [-0.1, -0.05) is 25.1 Å². The summed E-state index contributed by atoms with van der Waals surface area (Å²) in [4.78, 5) is 25.5. The second kappa shape index (κ2) is 6.05. The van der Waals surface area contributed by atoms with Crippen LogP contribution in [0.25, 0.3) is 0 Å². The lowest BCUT2D eigenvalue weighted by molar-refractivity contribution is -0.128. The van der Waals surface area contributed by atoms with Gasteiger partial charge in [-0.2, -0.15) is 11.8 Å². The summed E-state index contributed by atoms with van der Waals surface area (Å²) in [6.45, 7) is 2.65. The van der Waals surface area contributed by atoms with E-state index >= 15 is 0 Å². The molecule has 0 fully saturated rings. The first kappa shape index (κ1) is 13.1. The molecule has 0 spiro atoms. The van der Waals surface area contributed by atoms with Crippen molar-refractivity contribution in [3.05, 3.63) is 35.4 Å². The third kappa shape index (κ3) is 2.75. The largest absolute Gasteiger partial charge is 0.278 e. The van der Waals surface area contributed by atoms with Crippen LogP contribution < -0.4 is 0 Å². The van der Waals surface area contributed by atoms with Gasteiger partial charge < -0.3 is 0 Å². The van der Waals surface area contributed by atoms with Crippen LogP contribution in [-0.2, 0) is 11.2 Å². The van der Waals surface area contributed by atoms with E-state index in [2.05, 4.69) is 6.92 Å². The summed E-state index contributed by atoms with van der Waals surface area (Å²) in [5.74, 6) is 1.86. The van der Waals surface area contributed by atoms with Crippen LogP contribution in [-0.4, -0.2) is 34.8 Å². The Bertz CT molecular complexity index is 459. The number of benzene rings is 1. The SMILES string of the molecule is CCSCCCN1C(=O)Cc2ccccc2C1=O. The van der Waals surface area contributed by atoms with Gasteiger partial charge in [-0.05, 0) is 29.6 Å². The fraction of sp³-hybridized carbons (Fsp3) is 0.429. The molecule has 4 heteroatoms. The molecule has 0 aliphatic carbocycles. The van der Waals surface area contributed by atoms with Gasteiger partial charge in [-0.25, -0.2) is 0 Å². The second-order valence-electron chi connectivity index (χ2n) is 4.23. The minimum atomic E-state index is -0.136. The van der Waals surface area contributed by atoms with Crippen molar-refractivity contribution in [3.8, 4) is 0 Å². The summed E-state index contributed by atoms with van der Waals surface area (Å²) in [5.41, 5.74) is 1.53. The maximum absolute atomic E-state index is 12.2. The Morgan fingerprint density at radius 1 is 1.28 bits per heavy atom. The highest BCUT2D eigenvalue weighted by Crippen LogP contribution is 2.19. The zero-order chi connectivity index (χ0) is 13.0. The fourth-order valence-electron chi connectivity index (χ4n) is 2.10. The normalized spacial score (nSPS) is 14.8. The molecule has 96 valence electrons. The summed E-state index contributed by atoms with van der Waals surface area (Å²) in [7, 11) is 0. The fourth-order valence-corrected chi connectivity index (χ4v) is 2.72. The summed E-state index contributed by atoms with van der Waals surface area (Å²) in [5, 5.41) is 0. The molecule has 0 radical (unpaired) electrons. The summed E-state index contributed by atoms with van der Waals surface area (Å²) in [6.07, 6.45) is 1.22. The molecule has 2 amide bonds. The quantitative estimate of drug-likeness (QED) is 0.604. The predicted octanol–water partition coefficient (Wildman–Crippen LogP) is 2.35. The molecular formula is C14H17NO2S. The highest BCUT2D eigenvalue weighted by Gasteiger charge is 2.29. The average molecular weight is 263 g/mol. The molecule has 0 saturated heterocycles. The van der Waals surface area contributed by atoms with E-state index in [9.17, 15) is 9.59 Å². The summed E-state index contributed by atoms with van der Waals surface area (Å²) >= 11 is 1.84. The highest BCUT2D eigenvalue weighted by molar-refractivity contribution is 7.99. The van der Waals surface area contributed by atoms with Gasteiger partial charge >= 0.3 is 0 Å². The van der Waals surface area contributed by atoms with Gasteiger partial charge in [0.1, 0.15) is 0 Å². The van der Waals surface area contributed by atoms with Crippen molar-refractivity contribution >= 4 is 23.6 Å². The number of hydrogen-bond donors (Lipinski definition) is 0. The van der Waals surface area contributed by atoms with E-state index in [1.807, 2.05) is 30.0 Å². The van der Waals surface area contributed by atoms with Gasteiger partial charge in [0.05, 0.1) is 6.42 Å². The Kier molecular flexibility index (Phi) is 4.42. The number of carbonyl (C=O) groups is 2. The first-order valence-electron chi connectivity index (χ1n) is 6.24. The zero-order valence-corrected chi connectivity index (χ0v) is 11.3. The molecule has 2 rings (SSSR count). The Labute approximate surface area is 112 Å². The second-order valence-corrected chi connectivity index (χ2v) is 5.63. The molecule has 1 heterocycles. The van der Waals surface area contributed by atoms with Crippen molar-refractivity contribution in [1.29, 1.82) is 0 Å². The van der Waals surface area contributed by atoms with Crippen LogP contribution in [0.2, 0.25) is 0 Å². The van der Waals surface area contributed by atoms with E-state index in [0.29, 0.717) is 18.5 Å². The Morgan fingerprint density at radius 3 is 2.83 bits per heavy atom. The number of thioether (sulfide) groups is 1. The topological polar surface area (TPSA) is 37.4 Å². The van der Waals surface area contributed by atoms with Crippen molar-refractivity contribution in [2.24, 2.45) is 0 Å². The van der Waals surface area contributed by atoms with Crippen molar-refractivity contribution in [3.63, 3.8) is 0 Å². The molecule has 1 aliphatic heterocycles. The van der Waals surface area contributed by atoms with Gasteiger partial charge in [0.25, 0.3) is 5.91 Å². The maximum Gasteiger partial charge on any atom is 0.260 e. The highest BCUT2D eigenvalue weighted by atomic mass is 32.2. The molecule has 1 aromatic rings. The minimum absolute atomic E-state index is 0.0693. The Balaban J connectivity index is 2.05. The zero-order valence-electron chi connectivity index (χ0n) is 10.5. The molecule has 3 nitrogen and oxygen atoms in total. The number of carbonyl (C=O) groups excluding carboxylic acids is 2. The van der Waals surface area contributed by atoms with Gasteiger partial charge in [0.2, 0.25) is 5.91 Å². The van der Waals surface area contributed by atoms with E-state index in [1.54, 1.807) is 6.07 Å². The maximum atomic E-state index is 12.2. The lowest BCUT2D eigenvalue weighted by Gasteiger charge is -2.26. The minimum Gasteiger partial charge on any atom is -0.278 e. The molecule has 0 unspecified atom stereocenters. The molecule has 0 bridgehead atoms. The number of amides is 2. The van der Waals surface area contributed by atoms with E-state index in [0.717, 1.165) is 23.5 Å². The lowest BCUT2D eigenvalue weighted by Crippen LogP contribution is -2.42. The van der Waals surface area contributed by atoms with Crippen LogP contribution in [0.1, 0.15) is 29.3 Å². The van der Waals surface area contributed by atoms with Crippen molar-refractivity contribution in [1.82, 2.24) is 4.90 Å². The van der Waals surface area contributed by atoms with Crippen LogP contribution in [0.3, 0.4) is 0 Å². The number of rotatable bonds is 5. The van der Waals surface area contributed by atoms with E-state index in [1.165, 1.54) is 4.90 Å². The number of nitrogens with zero attached hydrogens (tertiary/aromatic N) is 1. The smallest absolute Gasteiger partial charge is 0.260 e. The van der Waals surface area contributed by atoms with Gasteiger partial charge in [-0.3, -0.25) is 14.5 Å². The molecule has 0 saturated carbocycles. The molecule has 1 aromatic carbocycles. The van der Waals surface area contributed by atoms with Crippen LogP contribution in [0.15, 0.2) is 24.3 Å². The van der Waals surface area contributed by atoms with Crippen LogP contribution in [0.4, 0.5) is 0 Å². The predicted molar refractivity (Wildman–Crippen MR) is 73.8 cm³/mol. The van der Waals surface area contributed by atoms with Crippen molar-refractivity contribution < 1.29 is 9.59 Å². The molecule has 1 aliphatic rings. The van der Waals surface area contributed by atoms with Gasteiger partial charge in [0.15, 0.2) is 0 Å². The van der Waals surface area contributed by atoms with E-state index < -0.39 is 0 Å². The van der Waals surface area contributed by atoms with E-state index in [4.69, 9.17) is 0 Å². The molecule has 0 N–H and O–H groups in total. The Hall–Kier alpha value is -1.29. The number of imide groups is 1. The number of fused-ring (bicyclic) bond motifs is 1. The Morgan fingerprint density at radius 2 is 2.06 bits per heavy atom. The third-order valence-electron chi connectivity index (χ3n) is 3.01. The van der Waals surface area contributed by atoms with Crippen LogP contribution in [0, 0.1) is 0 Å². The monoisotopic (exact) mass is 263 g/mol. The third-order valence-corrected chi connectivity index (χ3v) is 4.00. The summed E-state index contributed by atoms with van der Waals surface area (Å²) < 4.78 is 0. The van der Waals surface area contributed by atoms with Crippen LogP contribution in [0.5, 0.6) is 0 Å². The molecule has 0 aromatic heterocycles. The van der Waals surface area contributed by atoms with Gasteiger partial charge in [0, 0.05) is 12.1 Å². The van der Waals surface area contributed by atoms with E-state index in [-0.39, 0.29) is 11.8 Å². The van der Waals surface area contributed by atoms with Crippen molar-refractivity contribution in [2.75, 3.05) is 18.1 Å². The standard InChI is InChI=1S/C14H17NO2S/c1-2-18-9-5-8-15-13(16)10-11-6-3-4-7-12(11)14(15)17/h3-4,6-7H,2,5,8-10H2,1H3. The van der Waals surface area contributed by atoms with Crippen molar-refractivity contribution in [2.45, 2.75) is 19.8 Å². The number of hydrogen-bond acceptors (Lipinski definition) is 3. The first-order chi connectivity index (χ1) is 8.74.